The third kappa shape index (κ3) is 6.50. The molecule has 0 spiro atoms. The Balaban J connectivity index is 1.56. The number of rotatable bonds is 8. The number of hydrogen-bond acceptors (Lipinski definition) is 5. The third-order valence-electron chi connectivity index (χ3n) is 4.82. The zero-order valence-electron chi connectivity index (χ0n) is 17.3. The molecule has 0 aliphatic carbocycles. The van der Waals surface area contributed by atoms with E-state index >= 15 is 0 Å². The summed E-state index contributed by atoms with van der Waals surface area (Å²) in [5.74, 6) is -0.0676. The summed E-state index contributed by atoms with van der Waals surface area (Å²) in [6.07, 6.45) is -0.140. The number of carbonyl (C=O) groups is 2. The van der Waals surface area contributed by atoms with Gasteiger partial charge in [0.1, 0.15) is 24.2 Å². The van der Waals surface area contributed by atoms with Gasteiger partial charge in [0, 0.05) is 37.6 Å². The number of halogens is 1. The van der Waals surface area contributed by atoms with Crippen LogP contribution in [-0.4, -0.2) is 64.3 Å². The van der Waals surface area contributed by atoms with Crippen molar-refractivity contribution in [3.63, 3.8) is 0 Å². The number of anilines is 1. The van der Waals surface area contributed by atoms with Crippen molar-refractivity contribution in [2.75, 3.05) is 31.6 Å². The fourth-order valence-electron chi connectivity index (χ4n) is 3.39. The number of phenols is 1. The molecule has 3 rings (SSSR count). The molecule has 0 saturated carbocycles. The number of phenolic OH excluding ortho intramolecular Hbond substituents is 1. The molecule has 1 aliphatic rings. The van der Waals surface area contributed by atoms with E-state index in [0.717, 1.165) is 12.0 Å². The Bertz CT molecular complexity index is 922. The van der Waals surface area contributed by atoms with Crippen molar-refractivity contribution in [1.29, 1.82) is 0 Å². The van der Waals surface area contributed by atoms with Crippen molar-refractivity contribution in [2.24, 2.45) is 0 Å². The maximum absolute atomic E-state index is 12.8. The summed E-state index contributed by atoms with van der Waals surface area (Å²) in [5, 5.41) is 23.4. The van der Waals surface area contributed by atoms with E-state index < -0.39 is 6.10 Å². The van der Waals surface area contributed by atoms with Crippen LogP contribution in [0.25, 0.3) is 0 Å². The maximum atomic E-state index is 12.8. The summed E-state index contributed by atoms with van der Waals surface area (Å²) in [5.41, 5.74) is 1.37. The second-order valence-corrected chi connectivity index (χ2v) is 7.89. The van der Waals surface area contributed by atoms with Crippen molar-refractivity contribution in [3.8, 4) is 11.5 Å². The molecule has 3 N–H and O–H groups in total. The summed E-state index contributed by atoms with van der Waals surface area (Å²) in [6.45, 7) is 3.05. The average Bonchev–Trinajstić information content (AvgIpc) is 2.72. The number of aromatic hydroxyl groups is 1. The van der Waals surface area contributed by atoms with E-state index in [4.69, 9.17) is 16.3 Å². The zero-order valence-corrected chi connectivity index (χ0v) is 18.0. The minimum Gasteiger partial charge on any atom is -0.508 e. The van der Waals surface area contributed by atoms with Gasteiger partial charge in [-0.3, -0.25) is 4.79 Å². The molecule has 1 atom stereocenters. The Morgan fingerprint density at radius 3 is 2.61 bits per heavy atom. The third-order valence-corrected chi connectivity index (χ3v) is 5.07. The molecule has 166 valence electrons. The Morgan fingerprint density at radius 2 is 1.90 bits per heavy atom. The molecule has 8 nitrogen and oxygen atoms in total. The first-order valence-corrected chi connectivity index (χ1v) is 10.4. The zero-order chi connectivity index (χ0) is 22.4. The van der Waals surface area contributed by atoms with Crippen LogP contribution in [0, 0.1) is 0 Å². The van der Waals surface area contributed by atoms with Crippen LogP contribution < -0.4 is 10.1 Å². The van der Waals surface area contributed by atoms with Crippen LogP contribution in [0.5, 0.6) is 11.5 Å². The number of hydrogen-bond donors (Lipinski definition) is 3. The van der Waals surface area contributed by atoms with Crippen molar-refractivity contribution < 1.29 is 24.5 Å². The van der Waals surface area contributed by atoms with Gasteiger partial charge in [0.05, 0.1) is 12.2 Å². The number of nitrogens with zero attached hydrogens (tertiary/aromatic N) is 2. The molecule has 2 aromatic carbocycles. The van der Waals surface area contributed by atoms with Gasteiger partial charge in [0.15, 0.2) is 0 Å². The Kier molecular flexibility index (Phi) is 7.59. The second-order valence-electron chi connectivity index (χ2n) is 7.46. The van der Waals surface area contributed by atoms with Gasteiger partial charge in [-0.2, -0.15) is 0 Å². The molecule has 0 bridgehead atoms. The molecule has 9 heteroatoms. The number of aliphatic hydroxyl groups excluding tert-OH is 1. The molecule has 1 heterocycles. The lowest BCUT2D eigenvalue weighted by Gasteiger charge is -2.36. The number of benzene rings is 2. The fraction of sp³-hybridized carbons (Fsp3) is 0.364. The first kappa shape index (κ1) is 22.7. The molecule has 3 amide bonds. The van der Waals surface area contributed by atoms with E-state index in [0.29, 0.717) is 30.3 Å². The summed E-state index contributed by atoms with van der Waals surface area (Å²) in [4.78, 5) is 27.5. The number of ether oxygens (including phenoxy) is 1. The van der Waals surface area contributed by atoms with Gasteiger partial charge in [0.2, 0.25) is 5.91 Å². The van der Waals surface area contributed by atoms with E-state index in [-0.39, 0.29) is 36.6 Å². The van der Waals surface area contributed by atoms with Crippen LogP contribution in [0.3, 0.4) is 0 Å². The first-order valence-electron chi connectivity index (χ1n) is 10.0. The smallest absolute Gasteiger partial charge is 0.320 e. The normalized spacial score (nSPS) is 15.0. The number of carbonyl (C=O) groups excluding carboxylic acids is 2. The highest BCUT2D eigenvalue weighted by Gasteiger charge is 2.27. The highest BCUT2D eigenvalue weighted by Crippen LogP contribution is 2.29. The lowest BCUT2D eigenvalue weighted by Crippen LogP contribution is -2.51. The summed E-state index contributed by atoms with van der Waals surface area (Å²) < 4.78 is 5.60. The fourth-order valence-corrected chi connectivity index (χ4v) is 3.51. The van der Waals surface area contributed by atoms with Crippen LogP contribution in [0.15, 0.2) is 42.5 Å². The van der Waals surface area contributed by atoms with Gasteiger partial charge >= 0.3 is 6.03 Å². The van der Waals surface area contributed by atoms with Crippen LogP contribution in [-0.2, 0) is 11.3 Å². The number of urea groups is 1. The van der Waals surface area contributed by atoms with Crippen molar-refractivity contribution in [2.45, 2.75) is 26.0 Å². The van der Waals surface area contributed by atoms with Gasteiger partial charge < -0.3 is 30.1 Å². The monoisotopic (exact) mass is 447 g/mol. The van der Waals surface area contributed by atoms with Crippen molar-refractivity contribution in [1.82, 2.24) is 9.80 Å². The minimum atomic E-state index is -0.938. The van der Waals surface area contributed by atoms with Gasteiger partial charge in [-0.1, -0.05) is 23.7 Å². The highest BCUT2D eigenvalue weighted by atomic mass is 35.5. The maximum Gasteiger partial charge on any atom is 0.320 e. The van der Waals surface area contributed by atoms with Crippen molar-refractivity contribution >= 4 is 29.2 Å². The lowest BCUT2D eigenvalue weighted by molar-refractivity contribution is -0.114. The van der Waals surface area contributed by atoms with Gasteiger partial charge in [-0.15, -0.1) is 0 Å². The highest BCUT2D eigenvalue weighted by molar-refractivity contribution is 6.30. The number of nitrogens with one attached hydrogen (secondary N) is 1. The van der Waals surface area contributed by atoms with E-state index in [1.165, 1.54) is 25.1 Å². The molecule has 1 fully saturated rings. The van der Waals surface area contributed by atoms with Gasteiger partial charge in [-0.25, -0.2) is 4.79 Å². The summed E-state index contributed by atoms with van der Waals surface area (Å²) in [7, 11) is 0. The lowest BCUT2D eigenvalue weighted by atomic mass is 10.2. The van der Waals surface area contributed by atoms with Crippen molar-refractivity contribution in [3.05, 3.63) is 53.1 Å². The average molecular weight is 448 g/mol. The number of amides is 3. The second kappa shape index (κ2) is 10.4. The van der Waals surface area contributed by atoms with E-state index in [2.05, 4.69) is 5.32 Å². The topological polar surface area (TPSA) is 102 Å². The predicted octanol–water partition coefficient (Wildman–Crippen LogP) is 3.07. The number of β-amino-alcohol motifs (C(OH)–C–C–N with tert-alkyl or cyclic N) is 1. The Morgan fingerprint density at radius 1 is 1.19 bits per heavy atom. The van der Waals surface area contributed by atoms with Crippen LogP contribution in [0.1, 0.15) is 18.9 Å². The van der Waals surface area contributed by atoms with E-state index in [1.807, 2.05) is 12.1 Å². The predicted molar refractivity (Wildman–Crippen MR) is 117 cm³/mol. The molecular weight excluding hydrogens is 422 g/mol. The molecule has 31 heavy (non-hydrogen) atoms. The van der Waals surface area contributed by atoms with E-state index in [1.54, 1.807) is 21.9 Å². The van der Waals surface area contributed by atoms with Crippen LogP contribution >= 0.6 is 11.6 Å². The summed E-state index contributed by atoms with van der Waals surface area (Å²) in [6, 6.07) is 11.5. The molecular formula is C22H26ClN3O5. The molecule has 1 unspecified atom stereocenters. The Hall–Kier alpha value is -2.97. The molecule has 0 aromatic heterocycles. The van der Waals surface area contributed by atoms with Crippen LogP contribution in [0.2, 0.25) is 5.02 Å². The molecule has 2 aromatic rings. The van der Waals surface area contributed by atoms with Gasteiger partial charge in [-0.05, 0) is 36.2 Å². The largest absolute Gasteiger partial charge is 0.508 e. The molecule has 0 radical (unpaired) electrons. The Labute approximate surface area is 186 Å². The summed E-state index contributed by atoms with van der Waals surface area (Å²) >= 11 is 5.92. The van der Waals surface area contributed by atoms with Gasteiger partial charge in [0.25, 0.3) is 0 Å². The first-order chi connectivity index (χ1) is 14.8. The SMILES string of the molecule is CC(=O)Nc1ccc(O)cc1OCC(O)CN1CCCN(Cc2ccc(Cl)cc2)C1=O. The molecule has 1 saturated heterocycles. The quantitative estimate of drug-likeness (QED) is 0.540. The molecule has 1 aliphatic heterocycles. The van der Waals surface area contributed by atoms with Crippen LogP contribution in [0.4, 0.5) is 10.5 Å². The van der Waals surface area contributed by atoms with E-state index in [9.17, 15) is 19.8 Å². The standard InChI is InChI=1S/C22H26ClN3O5/c1-15(27)24-20-8-7-18(28)11-21(20)31-14-19(29)13-26-10-2-9-25(22(26)30)12-16-3-5-17(23)6-4-16/h3-8,11,19,28-29H,2,9-10,12-14H2,1H3,(H,24,27). The minimum absolute atomic E-state index is 0.0253. The number of aliphatic hydroxyl groups is 1.